The summed E-state index contributed by atoms with van der Waals surface area (Å²) in [4.78, 5) is 17.1. The Morgan fingerprint density at radius 1 is 1.00 bits per heavy atom. The molecule has 1 aromatic rings. The number of nitrogens with zero attached hydrogens (tertiary/aromatic N) is 2. The Balaban J connectivity index is 1.36. The number of piperidine rings is 1. The predicted molar refractivity (Wildman–Crippen MR) is 96.4 cm³/mol. The van der Waals surface area contributed by atoms with Crippen LogP contribution in [0.25, 0.3) is 0 Å². The summed E-state index contributed by atoms with van der Waals surface area (Å²) >= 11 is 0. The molecule has 3 fully saturated rings. The first-order valence-corrected chi connectivity index (χ1v) is 9.37. The third-order valence-electron chi connectivity index (χ3n) is 5.70. The quantitative estimate of drug-likeness (QED) is 0.827. The molecule has 3 aliphatic heterocycles. The van der Waals surface area contributed by atoms with Crippen molar-refractivity contribution in [2.75, 3.05) is 37.7 Å². The van der Waals surface area contributed by atoms with Gasteiger partial charge in [-0.05, 0) is 18.6 Å². The SMILES string of the molecule is CC1(C)COC2(CCN([C@H]3CCN(c4ccccc4)C3=O)CC2)OC1. The number of hydrogen-bond acceptors (Lipinski definition) is 4. The molecule has 0 aliphatic carbocycles. The van der Waals surface area contributed by atoms with Crippen LogP contribution in [0.2, 0.25) is 0 Å². The molecule has 1 amide bonds. The van der Waals surface area contributed by atoms with Crippen molar-refractivity contribution in [1.82, 2.24) is 4.90 Å². The minimum Gasteiger partial charge on any atom is -0.349 e. The number of carbonyl (C=O) groups is 1. The van der Waals surface area contributed by atoms with E-state index in [4.69, 9.17) is 9.47 Å². The Hall–Kier alpha value is -1.43. The van der Waals surface area contributed by atoms with E-state index in [0.29, 0.717) is 0 Å². The summed E-state index contributed by atoms with van der Waals surface area (Å²) in [6.07, 6.45) is 2.59. The van der Waals surface area contributed by atoms with Gasteiger partial charge in [0.1, 0.15) is 0 Å². The van der Waals surface area contributed by atoms with Gasteiger partial charge in [0.05, 0.1) is 19.3 Å². The Labute approximate surface area is 149 Å². The van der Waals surface area contributed by atoms with E-state index >= 15 is 0 Å². The van der Waals surface area contributed by atoms with E-state index < -0.39 is 5.79 Å². The molecule has 1 spiro atoms. The molecule has 3 heterocycles. The molecule has 0 aromatic heterocycles. The molecule has 5 heteroatoms. The summed E-state index contributed by atoms with van der Waals surface area (Å²) in [7, 11) is 0. The minimum atomic E-state index is -0.424. The van der Waals surface area contributed by atoms with Crippen LogP contribution in [0, 0.1) is 5.41 Å². The van der Waals surface area contributed by atoms with Crippen molar-refractivity contribution in [3.63, 3.8) is 0 Å². The summed E-state index contributed by atoms with van der Waals surface area (Å²) in [5.74, 6) is -0.193. The fourth-order valence-electron chi connectivity index (χ4n) is 4.07. The van der Waals surface area contributed by atoms with E-state index in [2.05, 4.69) is 18.7 Å². The second-order valence-corrected chi connectivity index (χ2v) is 8.32. The van der Waals surface area contributed by atoms with Gasteiger partial charge in [-0.1, -0.05) is 32.0 Å². The Morgan fingerprint density at radius 3 is 2.28 bits per heavy atom. The van der Waals surface area contributed by atoms with Crippen LogP contribution >= 0.6 is 0 Å². The molecule has 25 heavy (non-hydrogen) atoms. The third-order valence-corrected chi connectivity index (χ3v) is 5.70. The summed E-state index contributed by atoms with van der Waals surface area (Å²) in [6.45, 7) is 8.36. The van der Waals surface area contributed by atoms with Crippen molar-refractivity contribution >= 4 is 11.6 Å². The largest absolute Gasteiger partial charge is 0.349 e. The number of para-hydroxylation sites is 1. The van der Waals surface area contributed by atoms with Crippen molar-refractivity contribution in [2.24, 2.45) is 5.41 Å². The lowest BCUT2D eigenvalue weighted by atomic mass is 9.92. The molecule has 0 bridgehead atoms. The van der Waals surface area contributed by atoms with Gasteiger partial charge in [0, 0.05) is 43.6 Å². The van der Waals surface area contributed by atoms with Crippen LogP contribution in [0.4, 0.5) is 5.69 Å². The van der Waals surface area contributed by atoms with Crippen molar-refractivity contribution < 1.29 is 14.3 Å². The van der Waals surface area contributed by atoms with E-state index in [-0.39, 0.29) is 17.4 Å². The number of amides is 1. The highest BCUT2D eigenvalue weighted by Crippen LogP contribution is 2.37. The maximum Gasteiger partial charge on any atom is 0.244 e. The molecule has 0 unspecified atom stereocenters. The Bertz CT molecular complexity index is 611. The fourth-order valence-corrected chi connectivity index (χ4v) is 4.07. The van der Waals surface area contributed by atoms with E-state index in [9.17, 15) is 4.79 Å². The lowest BCUT2D eigenvalue weighted by Crippen LogP contribution is -2.56. The van der Waals surface area contributed by atoms with E-state index in [0.717, 1.165) is 57.8 Å². The Kier molecular flexibility index (Phi) is 4.34. The first kappa shape index (κ1) is 17.0. The van der Waals surface area contributed by atoms with Crippen LogP contribution in [0.3, 0.4) is 0 Å². The van der Waals surface area contributed by atoms with E-state index in [1.165, 1.54) is 0 Å². The van der Waals surface area contributed by atoms with Gasteiger partial charge in [0.25, 0.3) is 0 Å². The topological polar surface area (TPSA) is 42.0 Å². The summed E-state index contributed by atoms with van der Waals surface area (Å²) in [5, 5.41) is 0. The zero-order valence-corrected chi connectivity index (χ0v) is 15.2. The highest BCUT2D eigenvalue weighted by Gasteiger charge is 2.46. The minimum absolute atomic E-state index is 0.00223. The normalized spacial score (nSPS) is 29.3. The first-order chi connectivity index (χ1) is 12.0. The number of hydrogen-bond donors (Lipinski definition) is 0. The summed E-state index contributed by atoms with van der Waals surface area (Å²) < 4.78 is 12.2. The molecular weight excluding hydrogens is 316 g/mol. The van der Waals surface area contributed by atoms with E-state index in [1.54, 1.807) is 0 Å². The summed E-state index contributed by atoms with van der Waals surface area (Å²) in [5.41, 5.74) is 1.10. The molecule has 1 atom stereocenters. The van der Waals surface area contributed by atoms with Crippen LogP contribution in [-0.4, -0.2) is 55.5 Å². The standard InChI is InChI=1S/C20H28N2O3/c1-19(2)14-24-20(25-15-19)9-12-21(13-10-20)17-8-11-22(18(17)23)16-6-4-3-5-7-16/h3-7,17H,8-15H2,1-2H3/t17-/m0/s1. The molecule has 5 nitrogen and oxygen atoms in total. The second kappa shape index (κ2) is 6.38. The zero-order valence-electron chi connectivity index (χ0n) is 15.2. The second-order valence-electron chi connectivity index (χ2n) is 8.32. The highest BCUT2D eigenvalue weighted by molar-refractivity contribution is 5.99. The van der Waals surface area contributed by atoms with Crippen LogP contribution in [0.5, 0.6) is 0 Å². The molecule has 136 valence electrons. The smallest absolute Gasteiger partial charge is 0.244 e. The molecule has 0 N–H and O–H groups in total. The Morgan fingerprint density at radius 2 is 1.64 bits per heavy atom. The molecular formula is C20H28N2O3. The fraction of sp³-hybridized carbons (Fsp3) is 0.650. The molecule has 0 saturated carbocycles. The molecule has 0 radical (unpaired) electrons. The number of ether oxygens (including phenoxy) is 2. The molecule has 4 rings (SSSR count). The van der Waals surface area contributed by atoms with Crippen LogP contribution in [0.1, 0.15) is 33.1 Å². The number of carbonyl (C=O) groups excluding carboxylic acids is 1. The van der Waals surface area contributed by atoms with Gasteiger partial charge in [-0.2, -0.15) is 0 Å². The number of anilines is 1. The lowest BCUT2D eigenvalue weighted by molar-refractivity contribution is -0.313. The highest BCUT2D eigenvalue weighted by atomic mass is 16.7. The van der Waals surface area contributed by atoms with Crippen molar-refractivity contribution in [3.05, 3.63) is 30.3 Å². The van der Waals surface area contributed by atoms with Crippen molar-refractivity contribution in [1.29, 1.82) is 0 Å². The average Bonchev–Trinajstić information content (AvgIpc) is 3.01. The third kappa shape index (κ3) is 3.33. The van der Waals surface area contributed by atoms with Crippen molar-refractivity contribution in [2.45, 2.75) is 44.9 Å². The first-order valence-electron chi connectivity index (χ1n) is 9.37. The molecule has 3 saturated heterocycles. The van der Waals surface area contributed by atoms with Gasteiger partial charge in [-0.3, -0.25) is 9.69 Å². The van der Waals surface area contributed by atoms with Crippen molar-refractivity contribution in [3.8, 4) is 0 Å². The van der Waals surface area contributed by atoms with Gasteiger partial charge in [-0.25, -0.2) is 0 Å². The maximum absolute atomic E-state index is 12.9. The predicted octanol–water partition coefficient (Wildman–Crippen LogP) is 2.66. The average molecular weight is 344 g/mol. The summed E-state index contributed by atoms with van der Waals surface area (Å²) in [6, 6.07) is 9.97. The van der Waals surface area contributed by atoms with Gasteiger partial charge >= 0.3 is 0 Å². The zero-order chi connectivity index (χ0) is 17.5. The molecule has 3 aliphatic rings. The van der Waals surface area contributed by atoms with Crippen LogP contribution < -0.4 is 4.90 Å². The monoisotopic (exact) mass is 344 g/mol. The van der Waals surface area contributed by atoms with Gasteiger partial charge in [0.2, 0.25) is 5.91 Å². The van der Waals surface area contributed by atoms with Gasteiger partial charge in [-0.15, -0.1) is 0 Å². The van der Waals surface area contributed by atoms with Crippen LogP contribution in [-0.2, 0) is 14.3 Å². The number of rotatable bonds is 2. The lowest BCUT2D eigenvalue weighted by Gasteiger charge is -2.48. The number of likely N-dealkylation sites (tertiary alicyclic amines) is 1. The van der Waals surface area contributed by atoms with Gasteiger partial charge < -0.3 is 14.4 Å². The van der Waals surface area contributed by atoms with Crippen LogP contribution in [0.15, 0.2) is 30.3 Å². The number of benzene rings is 1. The maximum atomic E-state index is 12.9. The van der Waals surface area contributed by atoms with E-state index in [1.807, 2.05) is 35.2 Å². The van der Waals surface area contributed by atoms with Gasteiger partial charge in [0.15, 0.2) is 5.79 Å². The molecule has 1 aromatic carbocycles.